The molecule has 3 rings (SSSR count). The second-order valence-electron chi connectivity index (χ2n) is 5.36. The topological polar surface area (TPSA) is 63.3 Å². The number of rotatable bonds is 2. The van der Waals surface area contributed by atoms with Gasteiger partial charge in [0.2, 0.25) is 0 Å². The van der Waals surface area contributed by atoms with Gasteiger partial charge in [-0.1, -0.05) is 12.1 Å². The number of nitrogen functional groups attached to an aromatic ring is 1. The standard InChI is InChI=1S/C13H15NO2/c14-10-3-1-9(2-4-10)13(11(15)16)7-12(8-13)5-6-12/h1-4H,5-8,14H2,(H,15,16). The molecule has 84 valence electrons. The van der Waals surface area contributed by atoms with Crippen LogP contribution in [-0.4, -0.2) is 11.1 Å². The molecule has 1 aromatic carbocycles. The molecule has 0 saturated heterocycles. The van der Waals surface area contributed by atoms with E-state index >= 15 is 0 Å². The molecule has 16 heavy (non-hydrogen) atoms. The minimum Gasteiger partial charge on any atom is -0.481 e. The van der Waals surface area contributed by atoms with Crippen molar-refractivity contribution in [3.05, 3.63) is 29.8 Å². The summed E-state index contributed by atoms with van der Waals surface area (Å²) in [6.45, 7) is 0. The highest BCUT2D eigenvalue weighted by Crippen LogP contribution is 2.68. The normalized spacial score (nSPS) is 23.8. The van der Waals surface area contributed by atoms with Gasteiger partial charge in [0.1, 0.15) is 0 Å². The van der Waals surface area contributed by atoms with Crippen molar-refractivity contribution in [3.63, 3.8) is 0 Å². The first-order valence-electron chi connectivity index (χ1n) is 5.66. The second-order valence-corrected chi connectivity index (χ2v) is 5.36. The van der Waals surface area contributed by atoms with Crippen LogP contribution >= 0.6 is 0 Å². The predicted molar refractivity (Wildman–Crippen MR) is 61.1 cm³/mol. The number of carboxylic acid groups (broad SMARTS) is 1. The molecule has 2 aliphatic carbocycles. The molecular formula is C13H15NO2. The lowest BCUT2D eigenvalue weighted by Crippen LogP contribution is -2.49. The summed E-state index contributed by atoms with van der Waals surface area (Å²) in [7, 11) is 0. The van der Waals surface area contributed by atoms with E-state index < -0.39 is 11.4 Å². The zero-order valence-corrected chi connectivity index (χ0v) is 9.07. The van der Waals surface area contributed by atoms with E-state index in [1.54, 1.807) is 12.1 Å². The maximum Gasteiger partial charge on any atom is 0.314 e. The van der Waals surface area contributed by atoms with E-state index in [4.69, 9.17) is 5.73 Å². The van der Waals surface area contributed by atoms with E-state index in [2.05, 4.69) is 0 Å². The Labute approximate surface area is 94.3 Å². The average molecular weight is 217 g/mol. The van der Waals surface area contributed by atoms with Gasteiger partial charge < -0.3 is 10.8 Å². The van der Waals surface area contributed by atoms with Crippen molar-refractivity contribution in [2.45, 2.75) is 31.1 Å². The first-order chi connectivity index (χ1) is 7.56. The van der Waals surface area contributed by atoms with Gasteiger partial charge in [0, 0.05) is 5.69 Å². The summed E-state index contributed by atoms with van der Waals surface area (Å²) >= 11 is 0. The van der Waals surface area contributed by atoms with Crippen LogP contribution in [0.4, 0.5) is 5.69 Å². The molecule has 0 aromatic heterocycles. The molecule has 3 nitrogen and oxygen atoms in total. The number of anilines is 1. The van der Waals surface area contributed by atoms with Crippen LogP contribution < -0.4 is 5.73 Å². The number of hydrogen-bond acceptors (Lipinski definition) is 2. The van der Waals surface area contributed by atoms with E-state index in [1.165, 1.54) is 12.8 Å². The van der Waals surface area contributed by atoms with Gasteiger partial charge in [0.05, 0.1) is 5.41 Å². The Bertz CT molecular complexity index is 438. The molecule has 0 radical (unpaired) electrons. The lowest BCUT2D eigenvalue weighted by Gasteiger charge is -2.45. The number of hydrogen-bond donors (Lipinski definition) is 2. The highest BCUT2D eigenvalue weighted by Gasteiger charge is 2.64. The minimum atomic E-state index is -0.685. The van der Waals surface area contributed by atoms with Gasteiger partial charge in [-0.05, 0) is 48.8 Å². The predicted octanol–water partition coefficient (Wildman–Crippen LogP) is 2.17. The molecule has 2 aliphatic rings. The minimum absolute atomic E-state index is 0.375. The molecule has 1 aromatic rings. The maximum atomic E-state index is 11.5. The van der Waals surface area contributed by atoms with E-state index in [9.17, 15) is 9.90 Å². The van der Waals surface area contributed by atoms with Gasteiger partial charge in [-0.15, -0.1) is 0 Å². The van der Waals surface area contributed by atoms with Gasteiger partial charge in [-0.2, -0.15) is 0 Å². The van der Waals surface area contributed by atoms with Gasteiger partial charge in [-0.3, -0.25) is 4.79 Å². The third-order valence-corrected chi connectivity index (χ3v) is 4.18. The quantitative estimate of drug-likeness (QED) is 0.746. The van der Waals surface area contributed by atoms with Gasteiger partial charge in [0.25, 0.3) is 0 Å². The molecule has 2 fully saturated rings. The fourth-order valence-electron chi connectivity index (χ4n) is 3.04. The lowest BCUT2D eigenvalue weighted by molar-refractivity contribution is -0.150. The van der Waals surface area contributed by atoms with Gasteiger partial charge >= 0.3 is 5.97 Å². The SMILES string of the molecule is Nc1ccc(C2(C(=O)O)CC3(CC3)C2)cc1. The van der Waals surface area contributed by atoms with Crippen molar-refractivity contribution < 1.29 is 9.90 Å². The van der Waals surface area contributed by atoms with Gasteiger partial charge in [-0.25, -0.2) is 0 Å². The molecule has 3 heteroatoms. The fourth-order valence-corrected chi connectivity index (χ4v) is 3.04. The molecule has 0 unspecified atom stereocenters. The summed E-state index contributed by atoms with van der Waals surface area (Å²) in [4.78, 5) is 11.5. The Kier molecular flexibility index (Phi) is 1.69. The molecule has 3 N–H and O–H groups in total. The van der Waals surface area contributed by atoms with Crippen molar-refractivity contribution in [3.8, 4) is 0 Å². The van der Waals surface area contributed by atoms with Crippen molar-refractivity contribution >= 4 is 11.7 Å². The Morgan fingerprint density at radius 1 is 1.19 bits per heavy atom. The Morgan fingerprint density at radius 2 is 1.75 bits per heavy atom. The third-order valence-electron chi connectivity index (χ3n) is 4.18. The first-order valence-corrected chi connectivity index (χ1v) is 5.66. The maximum absolute atomic E-state index is 11.5. The summed E-state index contributed by atoms with van der Waals surface area (Å²) in [5.74, 6) is -0.685. The molecule has 0 amide bonds. The van der Waals surface area contributed by atoms with Crippen LogP contribution in [0.3, 0.4) is 0 Å². The summed E-state index contributed by atoms with van der Waals surface area (Å²) in [5.41, 5.74) is 6.96. The number of carboxylic acids is 1. The van der Waals surface area contributed by atoms with E-state index in [-0.39, 0.29) is 0 Å². The van der Waals surface area contributed by atoms with Crippen LogP contribution in [0, 0.1) is 5.41 Å². The smallest absolute Gasteiger partial charge is 0.314 e. The molecular weight excluding hydrogens is 202 g/mol. The monoisotopic (exact) mass is 217 g/mol. The van der Waals surface area contributed by atoms with E-state index in [0.29, 0.717) is 11.1 Å². The molecule has 1 spiro atoms. The van der Waals surface area contributed by atoms with Crippen LogP contribution in [0.2, 0.25) is 0 Å². The third kappa shape index (κ3) is 1.17. The summed E-state index contributed by atoms with van der Waals surface area (Å²) in [6, 6.07) is 7.30. The summed E-state index contributed by atoms with van der Waals surface area (Å²) < 4.78 is 0. The highest BCUT2D eigenvalue weighted by atomic mass is 16.4. The molecule has 0 heterocycles. The number of nitrogens with two attached hydrogens (primary N) is 1. The van der Waals surface area contributed by atoms with E-state index in [0.717, 1.165) is 18.4 Å². The average Bonchev–Trinajstić information content (AvgIpc) is 2.95. The van der Waals surface area contributed by atoms with Crippen molar-refractivity contribution in [2.75, 3.05) is 5.73 Å². The van der Waals surface area contributed by atoms with Crippen molar-refractivity contribution in [1.29, 1.82) is 0 Å². The van der Waals surface area contributed by atoms with Crippen LogP contribution in [0.25, 0.3) is 0 Å². The fraction of sp³-hybridized carbons (Fsp3) is 0.462. The second kappa shape index (κ2) is 2.78. The zero-order valence-electron chi connectivity index (χ0n) is 9.07. The number of benzene rings is 1. The van der Waals surface area contributed by atoms with Crippen LogP contribution in [0.5, 0.6) is 0 Å². The lowest BCUT2D eigenvalue weighted by atomic mass is 9.56. The first kappa shape index (κ1) is 9.70. The number of aliphatic carboxylic acids is 1. The van der Waals surface area contributed by atoms with Crippen LogP contribution in [-0.2, 0) is 10.2 Å². The summed E-state index contributed by atoms with van der Waals surface area (Å²) in [6.07, 6.45) is 4.02. The van der Waals surface area contributed by atoms with Crippen LogP contribution in [0.1, 0.15) is 31.2 Å². The number of carbonyl (C=O) groups is 1. The molecule has 0 atom stereocenters. The van der Waals surface area contributed by atoms with Crippen molar-refractivity contribution in [2.24, 2.45) is 5.41 Å². The Hall–Kier alpha value is -1.51. The summed E-state index contributed by atoms with van der Waals surface area (Å²) in [5, 5.41) is 9.44. The highest BCUT2D eigenvalue weighted by molar-refractivity contribution is 5.83. The zero-order chi connectivity index (χ0) is 11.4. The Balaban J connectivity index is 1.95. The largest absolute Gasteiger partial charge is 0.481 e. The van der Waals surface area contributed by atoms with Gasteiger partial charge in [0.15, 0.2) is 0 Å². The van der Waals surface area contributed by atoms with Crippen LogP contribution in [0.15, 0.2) is 24.3 Å². The molecule has 0 aliphatic heterocycles. The Morgan fingerprint density at radius 3 is 2.19 bits per heavy atom. The van der Waals surface area contributed by atoms with Crippen molar-refractivity contribution in [1.82, 2.24) is 0 Å². The van der Waals surface area contributed by atoms with E-state index in [1.807, 2.05) is 12.1 Å². The molecule has 0 bridgehead atoms. The molecule has 2 saturated carbocycles.